The van der Waals surface area contributed by atoms with Gasteiger partial charge < -0.3 is 4.90 Å². The van der Waals surface area contributed by atoms with Crippen LogP contribution in [0.25, 0.3) is 0 Å². The molecule has 4 nitrogen and oxygen atoms in total. The molecule has 3 rings (SSSR count). The number of hydrogen-bond donors (Lipinski definition) is 0. The summed E-state index contributed by atoms with van der Waals surface area (Å²) >= 11 is 1.79. The largest absolute Gasteiger partial charge is 0.340 e. The van der Waals surface area contributed by atoms with Crippen molar-refractivity contribution in [3.05, 3.63) is 22.4 Å². The van der Waals surface area contributed by atoms with Crippen LogP contribution in [-0.4, -0.2) is 41.9 Å². The van der Waals surface area contributed by atoms with Gasteiger partial charge in [0.1, 0.15) is 5.41 Å². The molecule has 0 atom stereocenters. The van der Waals surface area contributed by atoms with Gasteiger partial charge in [0.05, 0.1) is 6.07 Å². The zero-order valence-electron chi connectivity index (χ0n) is 13.7. The van der Waals surface area contributed by atoms with E-state index >= 15 is 0 Å². The SMILES string of the molecule is N#CC1(C(=O)N2CCCN(Cc3cccs3)CC2)CCCCC1. The summed E-state index contributed by atoms with van der Waals surface area (Å²) in [5, 5.41) is 11.7. The van der Waals surface area contributed by atoms with Crippen molar-refractivity contribution in [3.8, 4) is 6.07 Å². The Kier molecular flexibility index (Phi) is 5.34. The van der Waals surface area contributed by atoms with Crippen LogP contribution in [0.1, 0.15) is 43.4 Å². The van der Waals surface area contributed by atoms with Gasteiger partial charge in [-0.3, -0.25) is 9.69 Å². The average Bonchev–Trinajstić information content (AvgIpc) is 2.99. The van der Waals surface area contributed by atoms with Gasteiger partial charge in [-0.1, -0.05) is 25.3 Å². The van der Waals surface area contributed by atoms with Crippen molar-refractivity contribution in [3.63, 3.8) is 0 Å². The highest BCUT2D eigenvalue weighted by atomic mass is 32.1. The number of rotatable bonds is 3. The Hall–Kier alpha value is -1.38. The van der Waals surface area contributed by atoms with Crippen LogP contribution in [0.2, 0.25) is 0 Å². The van der Waals surface area contributed by atoms with Crippen LogP contribution in [0.4, 0.5) is 0 Å². The van der Waals surface area contributed by atoms with E-state index in [1.165, 1.54) is 4.88 Å². The average molecular weight is 331 g/mol. The van der Waals surface area contributed by atoms with Gasteiger partial charge in [-0.25, -0.2) is 0 Å². The number of nitriles is 1. The third kappa shape index (κ3) is 3.76. The van der Waals surface area contributed by atoms with Crippen molar-refractivity contribution in [1.82, 2.24) is 9.80 Å². The maximum Gasteiger partial charge on any atom is 0.243 e. The molecule has 0 spiro atoms. The molecular formula is C18H25N3OS. The van der Waals surface area contributed by atoms with E-state index in [9.17, 15) is 10.1 Å². The maximum atomic E-state index is 13.0. The van der Waals surface area contributed by atoms with Crippen LogP contribution in [0, 0.1) is 16.7 Å². The summed E-state index contributed by atoms with van der Waals surface area (Å²) in [6, 6.07) is 6.64. The van der Waals surface area contributed by atoms with Crippen molar-refractivity contribution < 1.29 is 4.79 Å². The minimum absolute atomic E-state index is 0.0951. The van der Waals surface area contributed by atoms with Crippen molar-refractivity contribution >= 4 is 17.2 Å². The number of carbonyl (C=O) groups is 1. The zero-order chi connectivity index (χ0) is 16.1. The van der Waals surface area contributed by atoms with Gasteiger partial charge in [0.25, 0.3) is 0 Å². The van der Waals surface area contributed by atoms with Crippen LogP contribution in [-0.2, 0) is 11.3 Å². The first-order valence-corrected chi connectivity index (χ1v) is 9.57. The molecule has 0 bridgehead atoms. The molecule has 1 saturated heterocycles. The Morgan fingerprint density at radius 1 is 1.17 bits per heavy atom. The van der Waals surface area contributed by atoms with Crippen LogP contribution in [0.3, 0.4) is 0 Å². The Morgan fingerprint density at radius 2 is 2.00 bits per heavy atom. The topological polar surface area (TPSA) is 47.3 Å². The summed E-state index contributed by atoms with van der Waals surface area (Å²) in [5.74, 6) is 0.0951. The third-order valence-electron chi connectivity index (χ3n) is 5.17. The smallest absolute Gasteiger partial charge is 0.243 e. The number of carbonyl (C=O) groups excluding carboxylic acids is 1. The van der Waals surface area contributed by atoms with E-state index in [2.05, 4.69) is 28.5 Å². The lowest BCUT2D eigenvalue weighted by molar-refractivity contribution is -0.140. The second kappa shape index (κ2) is 7.46. The second-order valence-corrected chi connectivity index (χ2v) is 7.79. The van der Waals surface area contributed by atoms with Gasteiger partial charge in [0.2, 0.25) is 5.91 Å². The maximum absolute atomic E-state index is 13.0. The fourth-order valence-corrected chi connectivity index (χ4v) is 4.53. The number of amides is 1. The molecule has 2 fully saturated rings. The van der Waals surface area contributed by atoms with E-state index in [1.54, 1.807) is 11.3 Å². The molecule has 0 aromatic carbocycles. The van der Waals surface area contributed by atoms with E-state index < -0.39 is 5.41 Å². The fraction of sp³-hybridized carbons (Fsp3) is 0.667. The molecular weight excluding hydrogens is 306 g/mol. The number of hydrogen-bond acceptors (Lipinski definition) is 4. The fourth-order valence-electron chi connectivity index (χ4n) is 3.79. The Labute approximate surface area is 142 Å². The summed E-state index contributed by atoms with van der Waals surface area (Å²) < 4.78 is 0. The molecule has 0 N–H and O–H groups in total. The Balaban J connectivity index is 1.61. The molecule has 0 radical (unpaired) electrons. The second-order valence-electron chi connectivity index (χ2n) is 6.76. The van der Waals surface area contributed by atoms with E-state index in [0.717, 1.165) is 71.2 Å². The van der Waals surface area contributed by atoms with Gasteiger partial charge in [-0.05, 0) is 30.7 Å². The third-order valence-corrected chi connectivity index (χ3v) is 6.03. The van der Waals surface area contributed by atoms with Gasteiger partial charge >= 0.3 is 0 Å². The van der Waals surface area contributed by atoms with Gasteiger partial charge in [0, 0.05) is 37.6 Å². The van der Waals surface area contributed by atoms with Crippen LogP contribution >= 0.6 is 11.3 Å². The van der Waals surface area contributed by atoms with E-state index in [0.29, 0.717) is 0 Å². The molecule has 2 aliphatic rings. The van der Waals surface area contributed by atoms with E-state index in [4.69, 9.17) is 0 Å². The summed E-state index contributed by atoms with van der Waals surface area (Å²) in [7, 11) is 0. The van der Waals surface area contributed by atoms with Crippen LogP contribution in [0.5, 0.6) is 0 Å². The van der Waals surface area contributed by atoms with Gasteiger partial charge in [-0.2, -0.15) is 5.26 Å². The lowest BCUT2D eigenvalue weighted by atomic mass is 9.74. The van der Waals surface area contributed by atoms with Gasteiger partial charge in [0.15, 0.2) is 0 Å². The first-order chi connectivity index (χ1) is 11.2. The van der Waals surface area contributed by atoms with E-state index in [1.807, 2.05) is 4.90 Å². The summed E-state index contributed by atoms with van der Waals surface area (Å²) in [6.45, 7) is 4.46. The lowest BCUT2D eigenvalue weighted by Gasteiger charge is -2.34. The molecule has 5 heteroatoms. The monoisotopic (exact) mass is 331 g/mol. The molecule has 1 aliphatic heterocycles. The highest BCUT2D eigenvalue weighted by molar-refractivity contribution is 7.09. The molecule has 1 aromatic rings. The van der Waals surface area contributed by atoms with Crippen LogP contribution in [0.15, 0.2) is 17.5 Å². The quantitative estimate of drug-likeness (QED) is 0.854. The summed E-state index contributed by atoms with van der Waals surface area (Å²) in [4.78, 5) is 18.7. The standard InChI is InChI=1S/C18H25N3OS/c19-15-18(7-2-1-3-8-18)17(22)21-10-5-9-20(11-12-21)14-16-6-4-13-23-16/h4,6,13H,1-3,5,7-12,14H2. The molecule has 1 aromatic heterocycles. The van der Waals surface area contributed by atoms with Crippen LogP contribution < -0.4 is 0 Å². The van der Waals surface area contributed by atoms with Gasteiger partial charge in [-0.15, -0.1) is 11.3 Å². The molecule has 1 amide bonds. The van der Waals surface area contributed by atoms with E-state index in [-0.39, 0.29) is 5.91 Å². The van der Waals surface area contributed by atoms with Crippen molar-refractivity contribution in [2.24, 2.45) is 5.41 Å². The minimum atomic E-state index is -0.735. The van der Waals surface area contributed by atoms with Crippen molar-refractivity contribution in [1.29, 1.82) is 5.26 Å². The number of thiophene rings is 1. The molecule has 23 heavy (non-hydrogen) atoms. The minimum Gasteiger partial charge on any atom is -0.340 e. The first-order valence-electron chi connectivity index (χ1n) is 8.69. The Morgan fingerprint density at radius 3 is 2.70 bits per heavy atom. The first kappa shape index (κ1) is 16.5. The molecule has 1 aliphatic carbocycles. The normalized spacial score (nSPS) is 22.3. The molecule has 124 valence electrons. The molecule has 1 saturated carbocycles. The lowest BCUT2D eigenvalue weighted by Crippen LogP contribution is -2.45. The highest BCUT2D eigenvalue weighted by Crippen LogP contribution is 2.37. The number of nitrogens with zero attached hydrogens (tertiary/aromatic N) is 3. The molecule has 2 heterocycles. The summed E-state index contributed by atoms with van der Waals surface area (Å²) in [5.41, 5.74) is -0.735. The molecule has 0 unspecified atom stereocenters. The van der Waals surface area contributed by atoms with Crippen molar-refractivity contribution in [2.75, 3.05) is 26.2 Å². The predicted molar refractivity (Wildman–Crippen MR) is 91.9 cm³/mol. The zero-order valence-corrected chi connectivity index (χ0v) is 14.5. The van der Waals surface area contributed by atoms with Crippen molar-refractivity contribution in [2.45, 2.75) is 45.1 Å². The summed E-state index contributed by atoms with van der Waals surface area (Å²) in [6.07, 6.45) is 5.68. The Bertz CT molecular complexity index is 557. The predicted octanol–water partition coefficient (Wildman–Crippen LogP) is 3.26. The highest BCUT2D eigenvalue weighted by Gasteiger charge is 2.42.